The van der Waals surface area contributed by atoms with Gasteiger partial charge in [0, 0.05) is 27.1 Å². The van der Waals surface area contributed by atoms with Crippen LogP contribution in [0.2, 0.25) is 0 Å². The summed E-state index contributed by atoms with van der Waals surface area (Å²) >= 11 is 0. The topological polar surface area (TPSA) is 75.7 Å². The van der Waals surface area contributed by atoms with Crippen LogP contribution in [-0.2, 0) is 40.6 Å². The zero-order valence-electron chi connectivity index (χ0n) is 18.5. The van der Waals surface area contributed by atoms with Crippen molar-refractivity contribution < 1.29 is 17.9 Å². The Hall–Kier alpha value is -2.38. The number of hydrogen-bond acceptors (Lipinski definition) is 4. The molecule has 0 heterocycles. The lowest BCUT2D eigenvalue weighted by atomic mass is 10.0. The minimum Gasteiger partial charge on any atom is -0.496 e. The second-order valence-corrected chi connectivity index (χ2v) is 9.50. The molecule has 30 heavy (non-hydrogen) atoms. The summed E-state index contributed by atoms with van der Waals surface area (Å²) in [5, 5.41) is 2.99. The molecule has 0 spiro atoms. The molecule has 7 heteroatoms. The first kappa shape index (κ1) is 23.9. The van der Waals surface area contributed by atoms with Gasteiger partial charge in [-0.15, -0.1) is 0 Å². The van der Waals surface area contributed by atoms with Crippen LogP contribution in [0.25, 0.3) is 0 Å². The summed E-state index contributed by atoms with van der Waals surface area (Å²) in [6.07, 6.45) is 2.51. The van der Waals surface area contributed by atoms with Gasteiger partial charge in [-0.25, -0.2) is 12.7 Å². The number of amides is 1. The van der Waals surface area contributed by atoms with E-state index in [1.807, 2.05) is 0 Å². The van der Waals surface area contributed by atoms with Gasteiger partial charge in [-0.3, -0.25) is 4.79 Å². The summed E-state index contributed by atoms with van der Waals surface area (Å²) in [4.78, 5) is 12.6. The maximum atomic E-state index is 12.5. The van der Waals surface area contributed by atoms with Crippen molar-refractivity contribution in [2.75, 3.05) is 21.2 Å². The Morgan fingerprint density at radius 2 is 1.73 bits per heavy atom. The van der Waals surface area contributed by atoms with Crippen LogP contribution in [-0.4, -0.2) is 39.8 Å². The molecule has 0 bridgehead atoms. The molecule has 0 radical (unpaired) electrons. The molecule has 0 aliphatic heterocycles. The van der Waals surface area contributed by atoms with Gasteiger partial charge in [0.15, 0.2) is 0 Å². The number of sulfonamides is 1. The summed E-state index contributed by atoms with van der Waals surface area (Å²) in [6.45, 7) is 4.71. The van der Waals surface area contributed by atoms with Crippen LogP contribution >= 0.6 is 0 Å². The molecule has 2 rings (SSSR count). The van der Waals surface area contributed by atoms with Gasteiger partial charge in [-0.05, 0) is 59.7 Å². The Bertz CT molecular complexity index is 985. The van der Waals surface area contributed by atoms with Crippen LogP contribution in [0, 0.1) is 0 Å². The van der Waals surface area contributed by atoms with Crippen LogP contribution in [0.3, 0.4) is 0 Å². The van der Waals surface area contributed by atoms with Crippen LogP contribution in [0.4, 0.5) is 0 Å². The summed E-state index contributed by atoms with van der Waals surface area (Å²) in [7, 11) is 0.969. The number of rotatable bonds is 10. The Kier molecular flexibility index (Phi) is 8.43. The summed E-state index contributed by atoms with van der Waals surface area (Å²) in [5.41, 5.74) is 4.32. The fraction of sp³-hybridized carbons (Fsp3) is 0.435. The fourth-order valence-corrected chi connectivity index (χ4v) is 4.21. The minimum atomic E-state index is -3.55. The normalized spacial score (nSPS) is 11.5. The Balaban J connectivity index is 2.07. The van der Waals surface area contributed by atoms with Crippen LogP contribution in [0.1, 0.15) is 42.5 Å². The van der Waals surface area contributed by atoms with Crippen molar-refractivity contribution in [2.45, 2.75) is 51.0 Å². The zero-order valence-corrected chi connectivity index (χ0v) is 19.3. The number of benzene rings is 2. The monoisotopic (exact) mass is 432 g/mol. The standard InChI is InChI=1S/C23H32N2O4S/c1-6-17-8-9-18(7-2)20(14-17)16-24-23(26)13-10-19-15-21(11-12-22(19)29-5)30(27,28)25(3)4/h8-9,11-12,14-15H,6-7,10,13,16H2,1-5H3,(H,24,26). The lowest BCUT2D eigenvalue weighted by Gasteiger charge is -2.15. The Morgan fingerprint density at radius 1 is 1.00 bits per heavy atom. The van der Waals surface area contributed by atoms with E-state index in [9.17, 15) is 13.2 Å². The molecular weight excluding hydrogens is 400 g/mol. The summed E-state index contributed by atoms with van der Waals surface area (Å²) in [6, 6.07) is 11.1. The maximum Gasteiger partial charge on any atom is 0.242 e. The van der Waals surface area contributed by atoms with Gasteiger partial charge < -0.3 is 10.1 Å². The van der Waals surface area contributed by atoms with E-state index in [1.54, 1.807) is 12.1 Å². The van der Waals surface area contributed by atoms with Crippen molar-refractivity contribution in [3.05, 3.63) is 58.7 Å². The number of nitrogens with one attached hydrogen (secondary N) is 1. The molecule has 164 valence electrons. The molecule has 0 aliphatic carbocycles. The van der Waals surface area contributed by atoms with E-state index in [0.29, 0.717) is 24.3 Å². The molecule has 0 aromatic heterocycles. The third-order valence-electron chi connectivity index (χ3n) is 5.19. The first-order valence-electron chi connectivity index (χ1n) is 10.2. The fourth-order valence-electron chi connectivity index (χ4n) is 3.26. The summed E-state index contributed by atoms with van der Waals surface area (Å²) in [5.74, 6) is 0.492. The van der Waals surface area contributed by atoms with Crippen molar-refractivity contribution in [1.29, 1.82) is 0 Å². The molecule has 0 atom stereocenters. The average Bonchev–Trinajstić information content (AvgIpc) is 2.75. The van der Waals surface area contributed by atoms with E-state index >= 15 is 0 Å². The first-order valence-corrected chi connectivity index (χ1v) is 11.6. The largest absolute Gasteiger partial charge is 0.496 e. The molecule has 0 aliphatic rings. The van der Waals surface area contributed by atoms with E-state index in [0.717, 1.165) is 18.4 Å². The molecule has 0 saturated heterocycles. The predicted molar refractivity (Wildman–Crippen MR) is 119 cm³/mol. The highest BCUT2D eigenvalue weighted by molar-refractivity contribution is 7.89. The third kappa shape index (κ3) is 5.83. The first-order chi connectivity index (χ1) is 14.2. The highest BCUT2D eigenvalue weighted by Gasteiger charge is 2.19. The lowest BCUT2D eigenvalue weighted by Crippen LogP contribution is -2.24. The van der Waals surface area contributed by atoms with E-state index in [2.05, 4.69) is 37.4 Å². The van der Waals surface area contributed by atoms with Gasteiger partial charge >= 0.3 is 0 Å². The van der Waals surface area contributed by atoms with Gasteiger partial charge in [0.25, 0.3) is 0 Å². The maximum absolute atomic E-state index is 12.5. The van der Waals surface area contributed by atoms with Crippen molar-refractivity contribution in [1.82, 2.24) is 9.62 Å². The van der Waals surface area contributed by atoms with Gasteiger partial charge in [0.05, 0.1) is 12.0 Å². The molecule has 6 nitrogen and oxygen atoms in total. The van der Waals surface area contributed by atoms with E-state index in [-0.39, 0.29) is 17.2 Å². The molecule has 2 aromatic carbocycles. The SMILES string of the molecule is CCc1ccc(CC)c(CNC(=O)CCc2cc(S(=O)(=O)N(C)C)ccc2OC)c1. The van der Waals surface area contributed by atoms with Gasteiger partial charge in [-0.1, -0.05) is 32.0 Å². The number of methoxy groups -OCH3 is 1. The highest BCUT2D eigenvalue weighted by atomic mass is 32.2. The number of nitrogens with zero attached hydrogens (tertiary/aromatic N) is 1. The quantitative estimate of drug-likeness (QED) is 0.625. The van der Waals surface area contributed by atoms with Crippen molar-refractivity contribution in [3.63, 3.8) is 0 Å². The Morgan fingerprint density at radius 3 is 2.33 bits per heavy atom. The van der Waals surface area contributed by atoms with Crippen molar-refractivity contribution in [2.24, 2.45) is 0 Å². The smallest absolute Gasteiger partial charge is 0.242 e. The molecule has 2 aromatic rings. The number of hydrogen-bond donors (Lipinski definition) is 1. The number of ether oxygens (including phenoxy) is 1. The number of carbonyl (C=O) groups excluding carboxylic acids is 1. The lowest BCUT2D eigenvalue weighted by molar-refractivity contribution is -0.121. The molecular formula is C23H32N2O4S. The van der Waals surface area contributed by atoms with E-state index < -0.39 is 10.0 Å². The second kappa shape index (κ2) is 10.6. The average molecular weight is 433 g/mol. The van der Waals surface area contributed by atoms with E-state index in [4.69, 9.17) is 4.74 Å². The van der Waals surface area contributed by atoms with Gasteiger partial charge in [0.2, 0.25) is 15.9 Å². The Labute approximate surface area is 180 Å². The third-order valence-corrected chi connectivity index (χ3v) is 7.00. The molecule has 0 unspecified atom stereocenters. The molecule has 0 fully saturated rings. The molecule has 1 amide bonds. The highest BCUT2D eigenvalue weighted by Crippen LogP contribution is 2.25. The molecule has 1 N–H and O–H groups in total. The van der Waals surface area contributed by atoms with Crippen LogP contribution in [0.5, 0.6) is 5.75 Å². The molecule has 0 saturated carbocycles. The zero-order chi connectivity index (χ0) is 22.3. The predicted octanol–water partition coefficient (Wildman–Crippen LogP) is 3.32. The van der Waals surface area contributed by atoms with Gasteiger partial charge in [0.1, 0.15) is 5.75 Å². The van der Waals surface area contributed by atoms with Crippen molar-refractivity contribution in [3.8, 4) is 5.75 Å². The van der Waals surface area contributed by atoms with Gasteiger partial charge in [-0.2, -0.15) is 0 Å². The van der Waals surface area contributed by atoms with Crippen LogP contribution < -0.4 is 10.1 Å². The van der Waals surface area contributed by atoms with Crippen LogP contribution in [0.15, 0.2) is 41.3 Å². The van der Waals surface area contributed by atoms with Crippen molar-refractivity contribution >= 4 is 15.9 Å². The number of aryl methyl sites for hydroxylation is 3. The van der Waals surface area contributed by atoms with E-state index in [1.165, 1.54) is 42.7 Å². The number of carbonyl (C=O) groups is 1. The second-order valence-electron chi connectivity index (χ2n) is 7.35. The summed E-state index contributed by atoms with van der Waals surface area (Å²) < 4.78 is 31.3. The minimum absolute atomic E-state index is 0.0816.